The van der Waals surface area contributed by atoms with E-state index in [0.29, 0.717) is 4.48 Å². The molecule has 0 amide bonds. The van der Waals surface area contributed by atoms with Crippen molar-refractivity contribution in [2.75, 3.05) is 18.9 Å². The molecular weight excluding hydrogens is 234 g/mol. The Hall–Kier alpha value is 0.0900. The van der Waals surface area contributed by atoms with Crippen LogP contribution in [0.4, 0.5) is 0 Å². The highest BCUT2D eigenvalue weighted by molar-refractivity contribution is 9.11. The zero-order valence-electron chi connectivity index (χ0n) is 5.88. The van der Waals surface area contributed by atoms with Crippen LogP contribution in [0.1, 0.15) is 0 Å². The molecule has 66 valence electrons. The highest BCUT2D eigenvalue weighted by atomic mass is 79.9. The van der Waals surface area contributed by atoms with Gasteiger partial charge in [-0.15, -0.1) is 0 Å². The van der Waals surface area contributed by atoms with Gasteiger partial charge in [0, 0.05) is 11.0 Å². The van der Waals surface area contributed by atoms with Gasteiger partial charge in [0.25, 0.3) is 0 Å². The number of aliphatic hydroxyl groups excluding tert-OH is 1. The summed E-state index contributed by atoms with van der Waals surface area (Å²) in [6, 6.07) is 0. The maximum atomic E-state index is 10.8. The lowest BCUT2D eigenvalue weighted by atomic mass is 10.7. The van der Waals surface area contributed by atoms with E-state index in [1.807, 2.05) is 0 Å². The number of sulfonamides is 1. The van der Waals surface area contributed by atoms with Gasteiger partial charge < -0.3 is 5.11 Å². The van der Waals surface area contributed by atoms with Gasteiger partial charge in [-0.25, -0.2) is 13.1 Å². The van der Waals surface area contributed by atoms with E-state index in [9.17, 15) is 8.42 Å². The molecule has 0 bridgehead atoms. The molecule has 0 aliphatic rings. The summed E-state index contributed by atoms with van der Waals surface area (Å²) in [7, 11) is -3.32. The van der Waals surface area contributed by atoms with Gasteiger partial charge in [-0.2, -0.15) is 0 Å². The van der Waals surface area contributed by atoms with E-state index in [4.69, 9.17) is 5.11 Å². The summed E-state index contributed by atoms with van der Waals surface area (Å²) in [5.41, 5.74) is 0. The van der Waals surface area contributed by atoms with Crippen LogP contribution in [-0.2, 0) is 10.0 Å². The fourth-order valence-corrected chi connectivity index (χ4v) is 1.49. The largest absolute Gasteiger partial charge is 0.395 e. The molecule has 4 nitrogen and oxygen atoms in total. The number of nitrogens with one attached hydrogen (secondary N) is 1. The molecule has 0 saturated carbocycles. The van der Waals surface area contributed by atoms with Crippen molar-refractivity contribution < 1.29 is 13.5 Å². The molecular formula is C5H10BrNO3S. The van der Waals surface area contributed by atoms with Crippen LogP contribution in [0.15, 0.2) is 11.1 Å². The molecule has 0 aliphatic heterocycles. The normalized spacial score (nSPS) is 11.5. The van der Waals surface area contributed by atoms with E-state index in [1.165, 1.54) is 0 Å². The SMILES string of the molecule is C=C(Br)CNS(=O)(=O)CCO. The van der Waals surface area contributed by atoms with Crippen molar-refractivity contribution in [3.05, 3.63) is 11.1 Å². The molecule has 0 aliphatic carbocycles. The molecule has 0 aromatic rings. The Morgan fingerprint density at radius 1 is 1.64 bits per heavy atom. The van der Waals surface area contributed by atoms with Gasteiger partial charge in [-0.1, -0.05) is 22.5 Å². The minimum absolute atomic E-state index is 0.155. The zero-order chi connectivity index (χ0) is 8.91. The topological polar surface area (TPSA) is 66.4 Å². The second-order valence-electron chi connectivity index (χ2n) is 1.88. The second-order valence-corrected chi connectivity index (χ2v) is 4.93. The molecule has 0 saturated heterocycles. The first-order valence-corrected chi connectivity index (χ1v) is 5.34. The van der Waals surface area contributed by atoms with Crippen molar-refractivity contribution in [1.29, 1.82) is 0 Å². The Bertz CT molecular complexity index is 224. The number of halogens is 1. The maximum absolute atomic E-state index is 10.8. The highest BCUT2D eigenvalue weighted by Gasteiger charge is 2.07. The fraction of sp³-hybridized carbons (Fsp3) is 0.600. The van der Waals surface area contributed by atoms with Crippen molar-refractivity contribution >= 4 is 26.0 Å². The summed E-state index contributed by atoms with van der Waals surface area (Å²) in [6.07, 6.45) is 0. The van der Waals surface area contributed by atoms with E-state index in [1.54, 1.807) is 0 Å². The van der Waals surface area contributed by atoms with E-state index >= 15 is 0 Å². The third-order valence-electron chi connectivity index (χ3n) is 0.844. The summed E-state index contributed by atoms with van der Waals surface area (Å²) < 4.78 is 24.4. The first-order valence-electron chi connectivity index (χ1n) is 2.89. The average molecular weight is 244 g/mol. The van der Waals surface area contributed by atoms with Crippen LogP contribution in [0.2, 0.25) is 0 Å². The minimum atomic E-state index is -3.32. The van der Waals surface area contributed by atoms with Gasteiger partial charge in [0.2, 0.25) is 10.0 Å². The van der Waals surface area contributed by atoms with Gasteiger partial charge in [-0.05, 0) is 0 Å². The predicted octanol–water partition coefficient (Wildman–Crippen LogP) is -0.193. The highest BCUT2D eigenvalue weighted by Crippen LogP contribution is 1.97. The molecule has 0 heterocycles. The predicted molar refractivity (Wildman–Crippen MR) is 46.9 cm³/mol. The minimum Gasteiger partial charge on any atom is -0.395 e. The maximum Gasteiger partial charge on any atom is 0.214 e. The van der Waals surface area contributed by atoms with Crippen molar-refractivity contribution in [3.8, 4) is 0 Å². The Balaban J connectivity index is 3.84. The second kappa shape index (κ2) is 4.87. The smallest absolute Gasteiger partial charge is 0.214 e. The fourth-order valence-electron chi connectivity index (χ4n) is 0.381. The number of hydrogen-bond acceptors (Lipinski definition) is 3. The van der Waals surface area contributed by atoms with Crippen LogP contribution >= 0.6 is 15.9 Å². The molecule has 0 fully saturated rings. The summed E-state index contributed by atoms with van der Waals surface area (Å²) in [5.74, 6) is -0.271. The van der Waals surface area contributed by atoms with Gasteiger partial charge in [-0.3, -0.25) is 0 Å². The zero-order valence-corrected chi connectivity index (χ0v) is 8.28. The monoisotopic (exact) mass is 243 g/mol. The standard InChI is InChI=1S/C5H10BrNO3S/c1-5(6)4-7-11(9,10)3-2-8/h7-8H,1-4H2. The lowest BCUT2D eigenvalue weighted by Gasteiger charge is -2.02. The molecule has 0 rings (SSSR count). The number of hydrogen-bond donors (Lipinski definition) is 2. The van der Waals surface area contributed by atoms with E-state index < -0.39 is 10.0 Å². The van der Waals surface area contributed by atoms with Crippen LogP contribution in [0.3, 0.4) is 0 Å². The van der Waals surface area contributed by atoms with Gasteiger partial charge >= 0.3 is 0 Å². The Labute approximate surface area is 74.5 Å². The third-order valence-corrected chi connectivity index (χ3v) is 2.43. The first kappa shape index (κ1) is 11.1. The molecule has 0 atom stereocenters. The lowest BCUT2D eigenvalue weighted by molar-refractivity contribution is 0.319. The summed E-state index contributed by atoms with van der Waals surface area (Å²) in [6.45, 7) is 3.23. The molecule has 0 spiro atoms. The van der Waals surface area contributed by atoms with Crippen molar-refractivity contribution in [2.24, 2.45) is 0 Å². The van der Waals surface area contributed by atoms with Crippen molar-refractivity contribution in [1.82, 2.24) is 4.72 Å². The summed E-state index contributed by atoms with van der Waals surface area (Å²) in [5, 5.41) is 8.31. The molecule has 0 aromatic carbocycles. The van der Waals surface area contributed by atoms with Crippen molar-refractivity contribution in [3.63, 3.8) is 0 Å². The van der Waals surface area contributed by atoms with E-state index in [2.05, 4.69) is 27.2 Å². The third kappa shape index (κ3) is 6.49. The summed E-state index contributed by atoms with van der Waals surface area (Å²) in [4.78, 5) is 0. The van der Waals surface area contributed by atoms with Gasteiger partial charge in [0.1, 0.15) is 0 Å². The average Bonchev–Trinajstić information content (AvgIpc) is 1.84. The Morgan fingerprint density at radius 3 is 2.55 bits per heavy atom. The Morgan fingerprint density at radius 2 is 2.18 bits per heavy atom. The van der Waals surface area contributed by atoms with Crippen LogP contribution in [0, 0.1) is 0 Å². The molecule has 11 heavy (non-hydrogen) atoms. The summed E-state index contributed by atoms with van der Waals surface area (Å²) >= 11 is 2.99. The molecule has 0 aromatic heterocycles. The van der Waals surface area contributed by atoms with Crippen molar-refractivity contribution in [2.45, 2.75) is 0 Å². The molecule has 0 unspecified atom stereocenters. The molecule has 6 heteroatoms. The number of aliphatic hydroxyl groups is 1. The lowest BCUT2D eigenvalue weighted by Crippen LogP contribution is -2.28. The first-order chi connectivity index (χ1) is 4.98. The Kier molecular flexibility index (Phi) is 4.91. The van der Waals surface area contributed by atoms with E-state index in [-0.39, 0.29) is 18.9 Å². The quantitative estimate of drug-likeness (QED) is 0.704. The van der Waals surface area contributed by atoms with Crippen LogP contribution < -0.4 is 4.72 Å². The van der Waals surface area contributed by atoms with Crippen LogP contribution in [0.5, 0.6) is 0 Å². The van der Waals surface area contributed by atoms with E-state index in [0.717, 1.165) is 0 Å². The molecule has 0 radical (unpaired) electrons. The van der Waals surface area contributed by atoms with Gasteiger partial charge in [0.05, 0.1) is 12.4 Å². The van der Waals surface area contributed by atoms with Crippen LogP contribution in [-0.4, -0.2) is 32.4 Å². The molecule has 2 N–H and O–H groups in total. The van der Waals surface area contributed by atoms with Crippen LogP contribution in [0.25, 0.3) is 0 Å². The van der Waals surface area contributed by atoms with Gasteiger partial charge in [0.15, 0.2) is 0 Å². The number of rotatable bonds is 5.